The lowest BCUT2D eigenvalue weighted by atomic mass is 10.0. The molecule has 1 heterocycles. The molecule has 1 aromatic rings. The minimum absolute atomic E-state index is 0.153. The number of rotatable bonds is 7. The molecule has 7 nitrogen and oxygen atoms in total. The Balaban J connectivity index is 3.01. The summed E-state index contributed by atoms with van der Waals surface area (Å²) in [4.78, 5) is 20.6. The molecule has 0 spiro atoms. The van der Waals surface area contributed by atoms with Gasteiger partial charge in [0.15, 0.2) is 0 Å². The fourth-order valence-corrected chi connectivity index (χ4v) is 1.88. The van der Waals surface area contributed by atoms with E-state index < -0.39 is 6.04 Å². The molecule has 0 aromatic carbocycles. The van der Waals surface area contributed by atoms with Gasteiger partial charge in [0.05, 0.1) is 7.11 Å². The molecule has 21 heavy (non-hydrogen) atoms. The standard InChI is InChI=1S/C14H25N5O2/c1-8(2)6-10(14(20)21-5)16-11-7-12(19-15)18-13(17-11)9(3)4/h7-10H,6,15H2,1-5H3,(H2,16,17,18,19). The van der Waals surface area contributed by atoms with Crippen LogP contribution in [-0.2, 0) is 9.53 Å². The number of aromatic nitrogens is 2. The van der Waals surface area contributed by atoms with Crippen molar-refractivity contribution in [3.05, 3.63) is 11.9 Å². The summed E-state index contributed by atoms with van der Waals surface area (Å²) >= 11 is 0. The summed E-state index contributed by atoms with van der Waals surface area (Å²) in [6, 6.07) is 1.22. The minimum atomic E-state index is -0.449. The third-order valence-corrected chi connectivity index (χ3v) is 2.92. The van der Waals surface area contributed by atoms with Crippen molar-refractivity contribution in [3.8, 4) is 0 Å². The Hall–Kier alpha value is -1.89. The number of carbonyl (C=O) groups is 1. The van der Waals surface area contributed by atoms with Crippen molar-refractivity contribution in [1.29, 1.82) is 0 Å². The van der Waals surface area contributed by atoms with Gasteiger partial charge in [0, 0.05) is 12.0 Å². The highest BCUT2D eigenvalue weighted by molar-refractivity contribution is 5.79. The monoisotopic (exact) mass is 295 g/mol. The van der Waals surface area contributed by atoms with Crippen LogP contribution in [0.4, 0.5) is 11.6 Å². The maximum Gasteiger partial charge on any atom is 0.328 e. The van der Waals surface area contributed by atoms with E-state index in [0.29, 0.717) is 29.8 Å². The molecule has 0 saturated heterocycles. The summed E-state index contributed by atoms with van der Waals surface area (Å²) in [5.74, 6) is 7.33. The largest absolute Gasteiger partial charge is 0.467 e. The summed E-state index contributed by atoms with van der Waals surface area (Å²) < 4.78 is 4.83. The van der Waals surface area contributed by atoms with Crippen molar-refractivity contribution in [2.24, 2.45) is 11.8 Å². The van der Waals surface area contributed by atoms with Crippen LogP contribution in [0.3, 0.4) is 0 Å². The molecule has 1 atom stereocenters. The maximum absolute atomic E-state index is 11.9. The summed E-state index contributed by atoms with van der Waals surface area (Å²) in [5, 5.41) is 3.11. The SMILES string of the molecule is COC(=O)C(CC(C)C)Nc1cc(NN)nc(C(C)C)n1. The Kier molecular flexibility index (Phi) is 6.36. The molecule has 0 bridgehead atoms. The van der Waals surface area contributed by atoms with Crippen LogP contribution in [0.25, 0.3) is 0 Å². The fourth-order valence-electron chi connectivity index (χ4n) is 1.88. The predicted molar refractivity (Wildman–Crippen MR) is 82.8 cm³/mol. The van der Waals surface area contributed by atoms with E-state index in [1.54, 1.807) is 6.07 Å². The fraction of sp³-hybridized carbons (Fsp3) is 0.643. The first-order chi connectivity index (χ1) is 9.87. The topological polar surface area (TPSA) is 102 Å². The predicted octanol–water partition coefficient (Wildman–Crippen LogP) is 1.89. The Labute approximate surface area is 125 Å². The van der Waals surface area contributed by atoms with Crippen molar-refractivity contribution in [2.45, 2.75) is 46.1 Å². The highest BCUT2D eigenvalue weighted by atomic mass is 16.5. The highest BCUT2D eigenvalue weighted by Gasteiger charge is 2.21. The molecule has 0 aliphatic heterocycles. The van der Waals surface area contributed by atoms with Crippen LogP contribution in [0.2, 0.25) is 0 Å². The lowest BCUT2D eigenvalue weighted by molar-refractivity contribution is -0.141. The van der Waals surface area contributed by atoms with Gasteiger partial charge in [-0.05, 0) is 12.3 Å². The van der Waals surface area contributed by atoms with Crippen LogP contribution in [-0.4, -0.2) is 29.1 Å². The van der Waals surface area contributed by atoms with E-state index in [4.69, 9.17) is 10.6 Å². The third kappa shape index (κ3) is 5.18. The molecule has 1 aromatic heterocycles. The van der Waals surface area contributed by atoms with Gasteiger partial charge in [0.2, 0.25) is 0 Å². The number of hydrazine groups is 1. The van der Waals surface area contributed by atoms with E-state index in [1.807, 2.05) is 27.7 Å². The molecule has 1 rings (SSSR count). The molecule has 0 saturated carbocycles. The Morgan fingerprint density at radius 2 is 1.90 bits per heavy atom. The van der Waals surface area contributed by atoms with Crippen LogP contribution in [0.1, 0.15) is 45.9 Å². The molecule has 4 N–H and O–H groups in total. The zero-order valence-corrected chi connectivity index (χ0v) is 13.3. The number of nitrogens with two attached hydrogens (primary N) is 1. The zero-order valence-electron chi connectivity index (χ0n) is 13.3. The van der Waals surface area contributed by atoms with Crippen molar-refractivity contribution < 1.29 is 9.53 Å². The van der Waals surface area contributed by atoms with Crippen molar-refractivity contribution >= 4 is 17.6 Å². The van der Waals surface area contributed by atoms with E-state index in [0.717, 1.165) is 0 Å². The van der Waals surface area contributed by atoms with Crippen molar-refractivity contribution in [1.82, 2.24) is 9.97 Å². The van der Waals surface area contributed by atoms with Gasteiger partial charge in [-0.2, -0.15) is 0 Å². The Bertz CT molecular complexity index is 476. The van der Waals surface area contributed by atoms with Gasteiger partial charge in [0.1, 0.15) is 23.5 Å². The number of carbonyl (C=O) groups excluding carboxylic acids is 1. The second kappa shape index (κ2) is 7.78. The van der Waals surface area contributed by atoms with Crippen LogP contribution in [0.5, 0.6) is 0 Å². The Morgan fingerprint density at radius 1 is 1.29 bits per heavy atom. The van der Waals surface area contributed by atoms with Gasteiger partial charge in [-0.1, -0.05) is 27.7 Å². The van der Waals surface area contributed by atoms with Crippen LogP contribution < -0.4 is 16.6 Å². The molecule has 0 fully saturated rings. The molecule has 0 aliphatic carbocycles. The number of nitrogens with one attached hydrogen (secondary N) is 2. The number of esters is 1. The highest BCUT2D eigenvalue weighted by Crippen LogP contribution is 2.19. The van der Waals surface area contributed by atoms with Gasteiger partial charge >= 0.3 is 5.97 Å². The van der Waals surface area contributed by atoms with Gasteiger partial charge in [-0.25, -0.2) is 20.6 Å². The van der Waals surface area contributed by atoms with E-state index in [-0.39, 0.29) is 11.9 Å². The van der Waals surface area contributed by atoms with Crippen LogP contribution in [0.15, 0.2) is 6.07 Å². The Morgan fingerprint density at radius 3 is 2.38 bits per heavy atom. The maximum atomic E-state index is 11.9. The second-order valence-electron chi connectivity index (χ2n) is 5.65. The van der Waals surface area contributed by atoms with E-state index >= 15 is 0 Å². The van der Waals surface area contributed by atoms with Crippen molar-refractivity contribution in [2.75, 3.05) is 17.9 Å². The molecule has 1 unspecified atom stereocenters. The molecule has 0 radical (unpaired) electrons. The average Bonchev–Trinajstić information content (AvgIpc) is 2.44. The van der Waals surface area contributed by atoms with Crippen LogP contribution in [0, 0.1) is 5.92 Å². The lowest BCUT2D eigenvalue weighted by Gasteiger charge is -2.19. The number of nitrogens with zero attached hydrogens (tertiary/aromatic N) is 2. The first kappa shape index (κ1) is 17.2. The lowest BCUT2D eigenvalue weighted by Crippen LogP contribution is -2.32. The van der Waals surface area contributed by atoms with Gasteiger partial charge in [-0.3, -0.25) is 0 Å². The normalized spacial score (nSPS) is 12.4. The molecular formula is C14H25N5O2. The van der Waals surface area contributed by atoms with Gasteiger partial charge in [0.25, 0.3) is 0 Å². The average molecular weight is 295 g/mol. The minimum Gasteiger partial charge on any atom is -0.467 e. The van der Waals surface area contributed by atoms with E-state index in [2.05, 4.69) is 20.7 Å². The smallest absolute Gasteiger partial charge is 0.328 e. The zero-order chi connectivity index (χ0) is 16.0. The molecule has 118 valence electrons. The summed E-state index contributed by atoms with van der Waals surface area (Å²) in [6.45, 7) is 8.07. The van der Waals surface area contributed by atoms with Gasteiger partial charge in [-0.15, -0.1) is 0 Å². The summed E-state index contributed by atoms with van der Waals surface area (Å²) in [7, 11) is 1.38. The summed E-state index contributed by atoms with van der Waals surface area (Å²) in [5.41, 5.74) is 2.51. The number of nitrogen functional groups attached to an aromatic ring is 1. The molecule has 0 aliphatic rings. The molecule has 7 heteroatoms. The number of methoxy groups -OCH3 is 1. The number of hydrogen-bond donors (Lipinski definition) is 3. The van der Waals surface area contributed by atoms with E-state index in [1.165, 1.54) is 7.11 Å². The second-order valence-corrected chi connectivity index (χ2v) is 5.65. The number of hydrogen-bond acceptors (Lipinski definition) is 7. The quantitative estimate of drug-likeness (QED) is 0.401. The first-order valence-electron chi connectivity index (χ1n) is 7.07. The first-order valence-corrected chi connectivity index (χ1v) is 7.07. The van der Waals surface area contributed by atoms with Gasteiger partial charge < -0.3 is 15.5 Å². The van der Waals surface area contributed by atoms with Crippen molar-refractivity contribution in [3.63, 3.8) is 0 Å². The van der Waals surface area contributed by atoms with Crippen LogP contribution >= 0.6 is 0 Å². The molecular weight excluding hydrogens is 270 g/mol. The number of anilines is 2. The van der Waals surface area contributed by atoms with E-state index in [9.17, 15) is 4.79 Å². The summed E-state index contributed by atoms with van der Waals surface area (Å²) in [6.07, 6.45) is 0.652. The molecule has 0 amide bonds. The third-order valence-electron chi connectivity index (χ3n) is 2.92. The number of ether oxygens (including phenoxy) is 1.